The Kier molecular flexibility index (Phi) is 2.20. The topological polar surface area (TPSA) is 41.5 Å². The van der Waals surface area contributed by atoms with E-state index in [0.717, 1.165) is 24.6 Å². The molecule has 2 N–H and O–H groups in total. The van der Waals surface area contributed by atoms with E-state index in [1.165, 1.54) is 25.7 Å². The summed E-state index contributed by atoms with van der Waals surface area (Å²) in [5, 5.41) is 12.9. The molecule has 1 aliphatic heterocycles. The molecular weight excluding hydrogens is 202 g/mol. The first-order chi connectivity index (χ1) is 7.77. The molecule has 1 spiro atoms. The molecule has 1 aromatic carbocycles. The molecule has 0 unspecified atom stereocenters. The number of anilines is 1. The molecule has 1 heterocycles. The smallest absolute Gasteiger partial charge is 0.146 e. The number of nitrogens with one attached hydrogen (secondary N) is 1. The van der Waals surface area contributed by atoms with Crippen LogP contribution in [0.3, 0.4) is 0 Å². The van der Waals surface area contributed by atoms with Crippen LogP contribution in [-0.4, -0.2) is 18.3 Å². The molecule has 0 atom stereocenters. The van der Waals surface area contributed by atoms with E-state index in [1.807, 2.05) is 6.07 Å². The fourth-order valence-electron chi connectivity index (χ4n) is 2.79. The summed E-state index contributed by atoms with van der Waals surface area (Å²) in [6.07, 6.45) is 5.12. The van der Waals surface area contributed by atoms with Crippen molar-refractivity contribution in [3.63, 3.8) is 0 Å². The maximum atomic E-state index is 9.43. The van der Waals surface area contributed by atoms with Crippen LogP contribution in [0.2, 0.25) is 0 Å². The van der Waals surface area contributed by atoms with Gasteiger partial charge in [0.25, 0.3) is 0 Å². The Hall–Kier alpha value is -1.38. The molecule has 0 bridgehead atoms. The van der Waals surface area contributed by atoms with Crippen molar-refractivity contribution in [2.24, 2.45) is 5.41 Å². The van der Waals surface area contributed by atoms with E-state index in [4.69, 9.17) is 4.74 Å². The quantitative estimate of drug-likeness (QED) is 0.659. The third-order valence-electron chi connectivity index (χ3n) is 3.82. The van der Waals surface area contributed by atoms with Crippen LogP contribution >= 0.6 is 0 Å². The minimum Gasteiger partial charge on any atom is -0.508 e. The highest BCUT2D eigenvalue weighted by Gasteiger charge is 2.36. The standard InChI is InChI=1S/C13H17NO2/c15-10-3-4-11-12(7-10)16-9-13(8-14-11)5-1-2-6-13/h3-4,7,14-15H,1-2,5-6,8-9H2. The Labute approximate surface area is 95.4 Å². The van der Waals surface area contributed by atoms with Gasteiger partial charge in [-0.2, -0.15) is 0 Å². The van der Waals surface area contributed by atoms with E-state index in [0.29, 0.717) is 5.41 Å². The van der Waals surface area contributed by atoms with Crippen molar-refractivity contribution in [1.82, 2.24) is 0 Å². The highest BCUT2D eigenvalue weighted by molar-refractivity contribution is 5.59. The molecule has 1 aromatic rings. The van der Waals surface area contributed by atoms with Crippen LogP contribution in [0.15, 0.2) is 18.2 Å². The molecule has 2 aliphatic rings. The van der Waals surface area contributed by atoms with E-state index in [2.05, 4.69) is 5.32 Å². The largest absolute Gasteiger partial charge is 0.508 e. The van der Waals surface area contributed by atoms with Crippen LogP contribution in [0.5, 0.6) is 11.5 Å². The number of phenolic OH excluding ortho intramolecular Hbond substituents is 1. The maximum absolute atomic E-state index is 9.43. The van der Waals surface area contributed by atoms with Gasteiger partial charge >= 0.3 is 0 Å². The van der Waals surface area contributed by atoms with Crippen molar-refractivity contribution in [3.8, 4) is 11.5 Å². The lowest BCUT2D eigenvalue weighted by atomic mass is 9.87. The van der Waals surface area contributed by atoms with Gasteiger partial charge < -0.3 is 15.2 Å². The molecule has 1 aliphatic carbocycles. The van der Waals surface area contributed by atoms with Gasteiger partial charge in [0.1, 0.15) is 11.5 Å². The fraction of sp³-hybridized carbons (Fsp3) is 0.538. The second-order valence-electron chi connectivity index (χ2n) is 5.03. The molecule has 1 fully saturated rings. The summed E-state index contributed by atoms with van der Waals surface area (Å²) in [4.78, 5) is 0. The van der Waals surface area contributed by atoms with Crippen LogP contribution in [-0.2, 0) is 0 Å². The first-order valence-electron chi connectivity index (χ1n) is 5.97. The van der Waals surface area contributed by atoms with Crippen molar-refractivity contribution in [2.75, 3.05) is 18.5 Å². The van der Waals surface area contributed by atoms with E-state index in [9.17, 15) is 5.11 Å². The van der Waals surface area contributed by atoms with Gasteiger partial charge in [-0.1, -0.05) is 12.8 Å². The minimum absolute atomic E-state index is 0.267. The number of phenols is 1. The third kappa shape index (κ3) is 1.60. The fourth-order valence-corrected chi connectivity index (χ4v) is 2.79. The molecule has 0 saturated heterocycles. The number of rotatable bonds is 0. The lowest BCUT2D eigenvalue weighted by molar-refractivity contribution is 0.169. The Morgan fingerprint density at radius 1 is 1.25 bits per heavy atom. The Bertz CT molecular complexity index is 397. The average molecular weight is 219 g/mol. The Morgan fingerprint density at radius 3 is 2.88 bits per heavy atom. The molecule has 0 aromatic heterocycles. The second kappa shape index (κ2) is 3.58. The normalized spacial score (nSPS) is 22.0. The first kappa shape index (κ1) is 9.82. The van der Waals surface area contributed by atoms with Crippen LogP contribution in [0.25, 0.3) is 0 Å². The van der Waals surface area contributed by atoms with Crippen molar-refractivity contribution < 1.29 is 9.84 Å². The van der Waals surface area contributed by atoms with Gasteiger partial charge in [0.2, 0.25) is 0 Å². The molecule has 0 amide bonds. The van der Waals surface area contributed by atoms with Crippen LogP contribution in [0, 0.1) is 5.41 Å². The van der Waals surface area contributed by atoms with E-state index in [-0.39, 0.29) is 5.75 Å². The average Bonchev–Trinajstić information content (AvgIpc) is 2.66. The van der Waals surface area contributed by atoms with E-state index >= 15 is 0 Å². The summed E-state index contributed by atoms with van der Waals surface area (Å²) in [5.74, 6) is 1.05. The summed E-state index contributed by atoms with van der Waals surface area (Å²) >= 11 is 0. The van der Waals surface area contributed by atoms with Gasteiger partial charge in [-0.25, -0.2) is 0 Å². The zero-order chi connectivity index (χ0) is 11.0. The summed E-state index contributed by atoms with van der Waals surface area (Å²) in [5.41, 5.74) is 1.32. The summed E-state index contributed by atoms with van der Waals surface area (Å²) in [6, 6.07) is 5.27. The van der Waals surface area contributed by atoms with Crippen LogP contribution in [0.4, 0.5) is 5.69 Å². The van der Waals surface area contributed by atoms with Gasteiger partial charge in [-0.05, 0) is 25.0 Å². The van der Waals surface area contributed by atoms with Crippen LogP contribution < -0.4 is 10.1 Å². The number of fused-ring (bicyclic) bond motifs is 1. The predicted octanol–water partition coefficient (Wildman–Crippen LogP) is 2.76. The minimum atomic E-state index is 0.267. The molecule has 1 saturated carbocycles. The highest BCUT2D eigenvalue weighted by Crippen LogP contribution is 2.42. The highest BCUT2D eigenvalue weighted by atomic mass is 16.5. The molecule has 3 heteroatoms. The van der Waals surface area contributed by atoms with Gasteiger partial charge in [0.15, 0.2) is 0 Å². The third-order valence-corrected chi connectivity index (χ3v) is 3.82. The molecular formula is C13H17NO2. The summed E-state index contributed by atoms with van der Waals surface area (Å²) < 4.78 is 5.84. The van der Waals surface area contributed by atoms with E-state index < -0.39 is 0 Å². The SMILES string of the molecule is Oc1ccc2c(c1)OCC1(CCCC1)CN2. The molecule has 16 heavy (non-hydrogen) atoms. The van der Waals surface area contributed by atoms with Gasteiger partial charge in [0, 0.05) is 18.0 Å². The number of hydrogen-bond donors (Lipinski definition) is 2. The molecule has 3 rings (SSSR count). The number of ether oxygens (including phenoxy) is 1. The molecule has 3 nitrogen and oxygen atoms in total. The van der Waals surface area contributed by atoms with E-state index in [1.54, 1.807) is 12.1 Å². The molecule has 86 valence electrons. The lowest BCUT2D eigenvalue weighted by Crippen LogP contribution is -2.30. The Balaban J connectivity index is 1.86. The zero-order valence-electron chi connectivity index (χ0n) is 9.33. The lowest BCUT2D eigenvalue weighted by Gasteiger charge is -2.25. The monoisotopic (exact) mass is 219 g/mol. The van der Waals surface area contributed by atoms with Gasteiger partial charge in [-0.15, -0.1) is 0 Å². The van der Waals surface area contributed by atoms with Crippen molar-refractivity contribution in [1.29, 1.82) is 0 Å². The summed E-state index contributed by atoms with van der Waals surface area (Å²) in [7, 11) is 0. The first-order valence-corrected chi connectivity index (χ1v) is 5.97. The summed E-state index contributed by atoms with van der Waals surface area (Å²) in [6.45, 7) is 1.77. The van der Waals surface area contributed by atoms with Gasteiger partial charge in [-0.3, -0.25) is 0 Å². The number of aromatic hydroxyl groups is 1. The molecule has 0 radical (unpaired) electrons. The van der Waals surface area contributed by atoms with Gasteiger partial charge in [0.05, 0.1) is 12.3 Å². The van der Waals surface area contributed by atoms with Crippen molar-refractivity contribution in [2.45, 2.75) is 25.7 Å². The number of hydrogen-bond acceptors (Lipinski definition) is 3. The number of benzene rings is 1. The predicted molar refractivity (Wildman–Crippen MR) is 63.0 cm³/mol. The van der Waals surface area contributed by atoms with Crippen molar-refractivity contribution >= 4 is 5.69 Å². The zero-order valence-corrected chi connectivity index (χ0v) is 9.33. The van der Waals surface area contributed by atoms with Crippen LogP contribution in [0.1, 0.15) is 25.7 Å². The second-order valence-corrected chi connectivity index (χ2v) is 5.03. The Morgan fingerprint density at radius 2 is 2.06 bits per heavy atom. The van der Waals surface area contributed by atoms with Crippen molar-refractivity contribution in [3.05, 3.63) is 18.2 Å². The maximum Gasteiger partial charge on any atom is 0.146 e.